The minimum absolute atomic E-state index is 0.361. The van der Waals surface area contributed by atoms with Gasteiger partial charge in [-0.15, -0.1) is 0 Å². The SMILES string of the molecule is COc1ccc(NC(=O)COC(=O)c2cc(C)n(-c3ccccc3)c2C)cc1. The molecule has 6 nitrogen and oxygen atoms in total. The molecule has 0 atom stereocenters. The van der Waals surface area contributed by atoms with E-state index in [1.54, 1.807) is 37.4 Å². The highest BCUT2D eigenvalue weighted by atomic mass is 16.5. The van der Waals surface area contributed by atoms with E-state index in [1.165, 1.54) is 0 Å². The van der Waals surface area contributed by atoms with Gasteiger partial charge in [-0.25, -0.2) is 4.79 Å². The third kappa shape index (κ3) is 4.23. The number of aryl methyl sites for hydroxylation is 1. The average molecular weight is 378 g/mol. The molecule has 3 rings (SSSR count). The van der Waals surface area contributed by atoms with E-state index in [2.05, 4.69) is 5.32 Å². The van der Waals surface area contributed by atoms with Crippen LogP contribution in [0.4, 0.5) is 5.69 Å². The molecule has 0 saturated heterocycles. The molecule has 2 aromatic carbocycles. The van der Waals surface area contributed by atoms with E-state index in [4.69, 9.17) is 9.47 Å². The molecule has 0 aliphatic heterocycles. The molecule has 0 saturated carbocycles. The summed E-state index contributed by atoms with van der Waals surface area (Å²) < 4.78 is 12.3. The number of rotatable bonds is 6. The highest BCUT2D eigenvalue weighted by Crippen LogP contribution is 2.21. The van der Waals surface area contributed by atoms with Gasteiger partial charge in [0.05, 0.1) is 12.7 Å². The van der Waals surface area contributed by atoms with Crippen LogP contribution in [0.1, 0.15) is 21.7 Å². The number of anilines is 1. The highest BCUT2D eigenvalue weighted by Gasteiger charge is 2.18. The van der Waals surface area contributed by atoms with Crippen molar-refractivity contribution < 1.29 is 19.1 Å². The lowest BCUT2D eigenvalue weighted by molar-refractivity contribution is -0.119. The number of amides is 1. The first-order chi connectivity index (χ1) is 13.5. The van der Waals surface area contributed by atoms with E-state index in [0.29, 0.717) is 17.0 Å². The maximum atomic E-state index is 12.5. The zero-order chi connectivity index (χ0) is 20.1. The van der Waals surface area contributed by atoms with E-state index in [9.17, 15) is 9.59 Å². The van der Waals surface area contributed by atoms with Crippen LogP contribution < -0.4 is 10.1 Å². The number of hydrogen-bond donors (Lipinski definition) is 1. The molecule has 1 amide bonds. The Hall–Kier alpha value is -3.54. The number of para-hydroxylation sites is 1. The molecule has 0 spiro atoms. The van der Waals surface area contributed by atoms with Gasteiger partial charge in [-0.05, 0) is 56.3 Å². The van der Waals surface area contributed by atoms with Gasteiger partial charge in [-0.1, -0.05) is 18.2 Å². The van der Waals surface area contributed by atoms with Gasteiger partial charge in [0.15, 0.2) is 6.61 Å². The molecule has 1 N–H and O–H groups in total. The standard InChI is InChI=1S/C22H22N2O4/c1-15-13-20(16(2)24(15)18-7-5-4-6-8-18)22(26)28-14-21(25)23-17-9-11-19(27-3)12-10-17/h4-13H,14H2,1-3H3,(H,23,25). The highest BCUT2D eigenvalue weighted by molar-refractivity contribution is 5.96. The summed E-state index contributed by atoms with van der Waals surface area (Å²) in [7, 11) is 1.57. The Morgan fingerprint density at radius 3 is 2.32 bits per heavy atom. The lowest BCUT2D eigenvalue weighted by Crippen LogP contribution is -2.21. The number of carbonyl (C=O) groups excluding carboxylic acids is 2. The van der Waals surface area contributed by atoms with E-state index in [-0.39, 0.29) is 6.61 Å². The topological polar surface area (TPSA) is 69.6 Å². The summed E-state index contributed by atoms with van der Waals surface area (Å²) in [6, 6.07) is 18.4. The predicted molar refractivity (Wildman–Crippen MR) is 107 cm³/mol. The van der Waals surface area contributed by atoms with Gasteiger partial charge in [0, 0.05) is 22.8 Å². The second kappa shape index (κ2) is 8.43. The minimum Gasteiger partial charge on any atom is -0.497 e. The monoisotopic (exact) mass is 378 g/mol. The number of nitrogens with zero attached hydrogens (tertiary/aromatic N) is 1. The number of ether oxygens (including phenoxy) is 2. The van der Waals surface area contributed by atoms with Crippen molar-refractivity contribution in [2.24, 2.45) is 0 Å². The average Bonchev–Trinajstić information content (AvgIpc) is 3.01. The number of benzene rings is 2. The van der Waals surface area contributed by atoms with Crippen molar-refractivity contribution in [1.29, 1.82) is 0 Å². The van der Waals surface area contributed by atoms with Crippen LogP contribution in [0.15, 0.2) is 60.7 Å². The van der Waals surface area contributed by atoms with Gasteiger partial charge < -0.3 is 19.4 Å². The summed E-state index contributed by atoms with van der Waals surface area (Å²) in [6.07, 6.45) is 0. The van der Waals surface area contributed by atoms with Crippen molar-refractivity contribution in [1.82, 2.24) is 4.57 Å². The van der Waals surface area contributed by atoms with Gasteiger partial charge in [-0.2, -0.15) is 0 Å². The molecule has 0 fully saturated rings. The molecule has 0 aliphatic carbocycles. The number of nitrogens with one attached hydrogen (secondary N) is 1. The number of methoxy groups -OCH3 is 1. The fourth-order valence-electron chi connectivity index (χ4n) is 3.02. The summed E-state index contributed by atoms with van der Waals surface area (Å²) >= 11 is 0. The summed E-state index contributed by atoms with van der Waals surface area (Å²) in [5.41, 5.74) is 3.69. The molecule has 6 heteroatoms. The van der Waals surface area contributed by atoms with Crippen LogP contribution in [0.5, 0.6) is 5.75 Å². The maximum Gasteiger partial charge on any atom is 0.340 e. The van der Waals surface area contributed by atoms with Gasteiger partial charge >= 0.3 is 5.97 Å². The predicted octanol–water partition coefficient (Wildman–Crippen LogP) is 3.90. The molecule has 0 radical (unpaired) electrons. The van der Waals surface area contributed by atoms with Crippen LogP contribution in [0.2, 0.25) is 0 Å². The number of carbonyl (C=O) groups is 2. The molecular formula is C22H22N2O4. The first-order valence-corrected chi connectivity index (χ1v) is 8.85. The second-order valence-corrected chi connectivity index (χ2v) is 6.31. The Kier molecular flexibility index (Phi) is 5.79. The molecule has 28 heavy (non-hydrogen) atoms. The van der Waals surface area contributed by atoms with Gasteiger partial charge in [0.2, 0.25) is 0 Å². The normalized spacial score (nSPS) is 10.4. The Labute approximate surface area is 163 Å². The summed E-state index contributed by atoms with van der Waals surface area (Å²) in [5, 5.41) is 2.68. The van der Waals surface area contributed by atoms with E-state index >= 15 is 0 Å². The van der Waals surface area contributed by atoms with Crippen molar-refractivity contribution in [2.75, 3.05) is 19.0 Å². The van der Waals surface area contributed by atoms with Crippen molar-refractivity contribution in [3.05, 3.63) is 77.6 Å². The van der Waals surface area contributed by atoms with E-state index in [0.717, 1.165) is 17.1 Å². The zero-order valence-corrected chi connectivity index (χ0v) is 16.1. The number of hydrogen-bond acceptors (Lipinski definition) is 4. The van der Waals surface area contributed by atoms with Crippen molar-refractivity contribution in [3.63, 3.8) is 0 Å². The van der Waals surface area contributed by atoms with Crippen LogP contribution in [-0.2, 0) is 9.53 Å². The maximum absolute atomic E-state index is 12.5. The Morgan fingerprint density at radius 2 is 1.68 bits per heavy atom. The second-order valence-electron chi connectivity index (χ2n) is 6.31. The molecular weight excluding hydrogens is 356 g/mol. The molecule has 0 unspecified atom stereocenters. The molecule has 144 valence electrons. The lowest BCUT2D eigenvalue weighted by Gasteiger charge is -2.10. The van der Waals surface area contributed by atoms with Crippen LogP contribution in [0.3, 0.4) is 0 Å². The van der Waals surface area contributed by atoms with Gasteiger partial charge in [0.25, 0.3) is 5.91 Å². The van der Waals surface area contributed by atoms with Crippen molar-refractivity contribution in [2.45, 2.75) is 13.8 Å². The molecule has 1 aromatic heterocycles. The molecule has 0 bridgehead atoms. The molecule has 0 aliphatic rings. The first kappa shape index (κ1) is 19.2. The van der Waals surface area contributed by atoms with Crippen LogP contribution in [0.25, 0.3) is 5.69 Å². The number of esters is 1. The smallest absolute Gasteiger partial charge is 0.340 e. The van der Waals surface area contributed by atoms with Crippen molar-refractivity contribution >= 4 is 17.6 Å². The number of aromatic nitrogens is 1. The Bertz CT molecular complexity index is 976. The lowest BCUT2D eigenvalue weighted by atomic mass is 10.2. The molecule has 3 aromatic rings. The summed E-state index contributed by atoms with van der Waals surface area (Å²) in [6.45, 7) is 3.42. The van der Waals surface area contributed by atoms with Gasteiger partial charge in [0.1, 0.15) is 5.75 Å². The molecule has 1 heterocycles. The first-order valence-electron chi connectivity index (χ1n) is 8.85. The third-order valence-corrected chi connectivity index (χ3v) is 4.37. The van der Waals surface area contributed by atoms with Crippen molar-refractivity contribution in [3.8, 4) is 11.4 Å². The minimum atomic E-state index is -0.528. The van der Waals surface area contributed by atoms with Crippen LogP contribution in [-0.4, -0.2) is 30.2 Å². The summed E-state index contributed by atoms with van der Waals surface area (Å²) in [4.78, 5) is 24.5. The van der Waals surface area contributed by atoms with Gasteiger partial charge in [-0.3, -0.25) is 4.79 Å². The third-order valence-electron chi connectivity index (χ3n) is 4.37. The van der Waals surface area contributed by atoms with Crippen LogP contribution >= 0.6 is 0 Å². The Morgan fingerprint density at radius 1 is 1.00 bits per heavy atom. The van der Waals surface area contributed by atoms with Crippen LogP contribution in [0, 0.1) is 13.8 Å². The summed E-state index contributed by atoms with van der Waals surface area (Å²) in [5.74, 6) is -0.242. The fourth-order valence-corrected chi connectivity index (χ4v) is 3.02. The zero-order valence-electron chi connectivity index (χ0n) is 16.1. The fraction of sp³-hybridized carbons (Fsp3) is 0.182. The Balaban J connectivity index is 1.64. The quantitative estimate of drug-likeness (QED) is 0.661. The van der Waals surface area contributed by atoms with E-state index in [1.807, 2.05) is 48.7 Å². The van der Waals surface area contributed by atoms with E-state index < -0.39 is 11.9 Å². The largest absolute Gasteiger partial charge is 0.497 e.